The van der Waals surface area contributed by atoms with Gasteiger partial charge >= 0.3 is 0 Å². The Bertz CT molecular complexity index is 578. The summed E-state index contributed by atoms with van der Waals surface area (Å²) in [5, 5.41) is 0. The van der Waals surface area contributed by atoms with Gasteiger partial charge in [-0.15, -0.1) is 0 Å². The molecule has 0 aliphatic heterocycles. The highest BCUT2D eigenvalue weighted by Gasteiger charge is 1.95. The van der Waals surface area contributed by atoms with Crippen LogP contribution in [0, 0.1) is 0 Å². The molecule has 1 heteroatoms. The van der Waals surface area contributed by atoms with Crippen LogP contribution in [0.15, 0.2) is 53.5 Å². The third-order valence-electron chi connectivity index (χ3n) is 4.17. The number of benzene rings is 2. The van der Waals surface area contributed by atoms with Crippen molar-refractivity contribution in [2.24, 2.45) is 4.99 Å². The van der Waals surface area contributed by atoms with Crippen molar-refractivity contribution in [2.75, 3.05) is 0 Å². The monoisotopic (exact) mass is 307 g/mol. The Morgan fingerprint density at radius 3 is 1.87 bits per heavy atom. The zero-order valence-corrected chi connectivity index (χ0v) is 14.6. The summed E-state index contributed by atoms with van der Waals surface area (Å²) in [5.41, 5.74) is 5.02. The van der Waals surface area contributed by atoms with Crippen molar-refractivity contribution < 1.29 is 0 Å². The lowest BCUT2D eigenvalue weighted by Gasteiger charge is -2.02. The summed E-state index contributed by atoms with van der Waals surface area (Å²) >= 11 is 0. The van der Waals surface area contributed by atoms with E-state index in [1.54, 1.807) is 0 Å². The standard InChI is InChI=1S/C22H29N/c1-3-5-7-9-20-10-12-21(13-11-20)18-23-22-16-14-19(15-17-22)8-6-4-2/h10-18H,3-9H2,1-2H3/b23-18+. The van der Waals surface area contributed by atoms with Crippen LogP contribution in [0.5, 0.6) is 0 Å². The lowest BCUT2D eigenvalue weighted by molar-refractivity contribution is 0.717. The van der Waals surface area contributed by atoms with Gasteiger partial charge in [0.2, 0.25) is 0 Å². The minimum absolute atomic E-state index is 1.03. The summed E-state index contributed by atoms with van der Waals surface area (Å²) in [4.78, 5) is 4.58. The van der Waals surface area contributed by atoms with Crippen molar-refractivity contribution in [1.82, 2.24) is 0 Å². The second kappa shape index (κ2) is 9.99. The van der Waals surface area contributed by atoms with E-state index in [0.29, 0.717) is 0 Å². The Labute approximate surface area is 141 Å². The molecule has 0 aromatic heterocycles. The SMILES string of the molecule is CCCCCc1ccc(/C=N/c2ccc(CCCC)cc2)cc1. The van der Waals surface area contributed by atoms with E-state index in [2.05, 4.69) is 67.4 Å². The maximum atomic E-state index is 4.58. The van der Waals surface area contributed by atoms with Crippen LogP contribution in [0.3, 0.4) is 0 Å². The largest absolute Gasteiger partial charge is 0.256 e. The molecule has 2 aromatic carbocycles. The van der Waals surface area contributed by atoms with Crippen LogP contribution in [0.2, 0.25) is 0 Å². The van der Waals surface area contributed by atoms with Crippen molar-refractivity contribution in [3.8, 4) is 0 Å². The maximum Gasteiger partial charge on any atom is 0.0630 e. The van der Waals surface area contributed by atoms with Gasteiger partial charge < -0.3 is 0 Å². The first-order chi connectivity index (χ1) is 11.3. The summed E-state index contributed by atoms with van der Waals surface area (Å²) in [6.07, 6.45) is 10.7. The Morgan fingerprint density at radius 2 is 1.26 bits per heavy atom. The molecule has 0 aliphatic carbocycles. The molecular formula is C22H29N. The van der Waals surface area contributed by atoms with E-state index in [1.807, 2.05) is 6.21 Å². The molecule has 0 aliphatic rings. The van der Waals surface area contributed by atoms with Crippen molar-refractivity contribution in [1.29, 1.82) is 0 Å². The third kappa shape index (κ3) is 6.40. The van der Waals surface area contributed by atoms with Gasteiger partial charge in [0.25, 0.3) is 0 Å². The number of aryl methyl sites for hydroxylation is 2. The average molecular weight is 307 g/mol. The van der Waals surface area contributed by atoms with E-state index >= 15 is 0 Å². The smallest absolute Gasteiger partial charge is 0.0630 e. The predicted molar refractivity (Wildman–Crippen MR) is 102 cm³/mol. The average Bonchev–Trinajstić information content (AvgIpc) is 2.60. The molecule has 23 heavy (non-hydrogen) atoms. The Kier molecular flexibility index (Phi) is 7.59. The third-order valence-corrected chi connectivity index (χ3v) is 4.17. The molecule has 1 nitrogen and oxygen atoms in total. The molecule has 0 fully saturated rings. The topological polar surface area (TPSA) is 12.4 Å². The van der Waals surface area contributed by atoms with Gasteiger partial charge in [0.1, 0.15) is 0 Å². The molecular weight excluding hydrogens is 278 g/mol. The normalized spacial score (nSPS) is 11.2. The highest BCUT2D eigenvalue weighted by molar-refractivity contribution is 5.81. The Hall–Kier alpha value is -1.89. The first kappa shape index (κ1) is 17.5. The number of hydrogen-bond donors (Lipinski definition) is 0. The van der Waals surface area contributed by atoms with E-state index in [-0.39, 0.29) is 0 Å². The van der Waals surface area contributed by atoms with E-state index in [9.17, 15) is 0 Å². The molecule has 0 heterocycles. The molecule has 2 aromatic rings. The lowest BCUT2D eigenvalue weighted by Crippen LogP contribution is -1.87. The number of unbranched alkanes of at least 4 members (excludes halogenated alkanes) is 3. The van der Waals surface area contributed by atoms with Crippen LogP contribution in [0.4, 0.5) is 5.69 Å². The molecule has 122 valence electrons. The molecule has 2 rings (SSSR count). The van der Waals surface area contributed by atoms with Crippen LogP contribution >= 0.6 is 0 Å². The van der Waals surface area contributed by atoms with E-state index in [0.717, 1.165) is 5.69 Å². The number of rotatable bonds is 9. The summed E-state index contributed by atoms with van der Waals surface area (Å²) in [5.74, 6) is 0. The minimum atomic E-state index is 1.03. The molecule has 0 unspecified atom stereocenters. The fourth-order valence-corrected chi connectivity index (χ4v) is 2.63. The van der Waals surface area contributed by atoms with Crippen molar-refractivity contribution in [3.05, 3.63) is 65.2 Å². The maximum absolute atomic E-state index is 4.58. The fraction of sp³-hybridized carbons (Fsp3) is 0.409. The zero-order chi connectivity index (χ0) is 16.3. The van der Waals surface area contributed by atoms with E-state index in [1.165, 1.54) is 61.6 Å². The van der Waals surface area contributed by atoms with Crippen molar-refractivity contribution in [2.45, 2.75) is 58.8 Å². The molecule has 0 saturated heterocycles. The summed E-state index contributed by atoms with van der Waals surface area (Å²) in [6, 6.07) is 17.4. The van der Waals surface area contributed by atoms with E-state index < -0.39 is 0 Å². The Morgan fingerprint density at radius 1 is 0.696 bits per heavy atom. The zero-order valence-electron chi connectivity index (χ0n) is 14.6. The van der Waals surface area contributed by atoms with Gasteiger partial charge in [-0.05, 0) is 54.5 Å². The highest BCUT2D eigenvalue weighted by Crippen LogP contribution is 2.15. The molecule has 0 bridgehead atoms. The van der Waals surface area contributed by atoms with Gasteiger partial charge in [0.05, 0.1) is 5.69 Å². The van der Waals surface area contributed by atoms with Gasteiger partial charge in [-0.1, -0.05) is 69.5 Å². The molecule has 0 atom stereocenters. The predicted octanol–water partition coefficient (Wildman–Crippen LogP) is 6.51. The fourth-order valence-electron chi connectivity index (χ4n) is 2.63. The second-order valence-electron chi connectivity index (χ2n) is 6.23. The molecule has 0 N–H and O–H groups in total. The first-order valence-corrected chi connectivity index (χ1v) is 9.03. The first-order valence-electron chi connectivity index (χ1n) is 9.03. The van der Waals surface area contributed by atoms with Gasteiger partial charge in [-0.25, -0.2) is 0 Å². The number of nitrogens with zero attached hydrogens (tertiary/aromatic N) is 1. The Balaban J connectivity index is 1.89. The van der Waals surface area contributed by atoms with Crippen LogP contribution in [0.1, 0.15) is 62.6 Å². The van der Waals surface area contributed by atoms with Gasteiger partial charge in [0, 0.05) is 6.21 Å². The number of aliphatic imine (C=N–C) groups is 1. The van der Waals surface area contributed by atoms with Gasteiger partial charge in [-0.3, -0.25) is 4.99 Å². The summed E-state index contributed by atoms with van der Waals surface area (Å²) < 4.78 is 0. The van der Waals surface area contributed by atoms with Gasteiger partial charge in [-0.2, -0.15) is 0 Å². The minimum Gasteiger partial charge on any atom is -0.256 e. The van der Waals surface area contributed by atoms with Crippen LogP contribution in [-0.2, 0) is 12.8 Å². The molecule has 0 spiro atoms. The molecule has 0 radical (unpaired) electrons. The number of hydrogen-bond acceptors (Lipinski definition) is 1. The lowest BCUT2D eigenvalue weighted by atomic mass is 10.1. The van der Waals surface area contributed by atoms with Crippen LogP contribution < -0.4 is 0 Å². The van der Waals surface area contributed by atoms with E-state index in [4.69, 9.17) is 0 Å². The quantitative estimate of drug-likeness (QED) is 0.370. The van der Waals surface area contributed by atoms with Crippen molar-refractivity contribution >= 4 is 11.9 Å². The molecule has 0 amide bonds. The van der Waals surface area contributed by atoms with Crippen LogP contribution in [0.25, 0.3) is 0 Å². The molecule has 0 saturated carbocycles. The van der Waals surface area contributed by atoms with Gasteiger partial charge in [0.15, 0.2) is 0 Å². The van der Waals surface area contributed by atoms with Crippen molar-refractivity contribution in [3.63, 3.8) is 0 Å². The summed E-state index contributed by atoms with van der Waals surface area (Å²) in [6.45, 7) is 4.48. The second-order valence-corrected chi connectivity index (χ2v) is 6.23. The van der Waals surface area contributed by atoms with Crippen LogP contribution in [-0.4, -0.2) is 6.21 Å². The summed E-state index contributed by atoms with van der Waals surface area (Å²) in [7, 11) is 0. The highest BCUT2D eigenvalue weighted by atomic mass is 14.7.